The lowest BCUT2D eigenvalue weighted by Crippen LogP contribution is -2.35. The van der Waals surface area contributed by atoms with E-state index in [0.29, 0.717) is 19.6 Å². The molecule has 0 aliphatic carbocycles. The van der Waals surface area contributed by atoms with Gasteiger partial charge >= 0.3 is 6.03 Å². The van der Waals surface area contributed by atoms with Crippen molar-refractivity contribution < 1.29 is 6.22 Å². The fraction of sp³-hybridized carbons (Fsp3) is 0.176. The molecular weight excluding hydrogens is 294 g/mol. The summed E-state index contributed by atoms with van der Waals surface area (Å²) in [5.74, 6) is 0. The molecule has 2 aromatic heterocycles. The van der Waals surface area contributed by atoms with Crippen LogP contribution >= 0.6 is 11.3 Å². The Morgan fingerprint density at radius 1 is 1.27 bits per heavy atom. The van der Waals surface area contributed by atoms with Crippen molar-refractivity contribution in [2.45, 2.75) is 19.6 Å². The van der Waals surface area contributed by atoms with Crippen LogP contribution in [0.15, 0.2) is 48.8 Å². The number of carbonyl (C=O) groups excluding carboxylic acids is 1. The van der Waals surface area contributed by atoms with Crippen LogP contribution in [0.5, 0.6) is 0 Å². The molecule has 3 heterocycles. The van der Waals surface area contributed by atoms with E-state index >= 15 is 0 Å². The van der Waals surface area contributed by atoms with Crippen LogP contribution in [0, 0.1) is 0 Å². The first-order chi connectivity index (χ1) is 10.8. The van der Waals surface area contributed by atoms with E-state index in [0.717, 1.165) is 5.56 Å². The van der Waals surface area contributed by atoms with Crippen LogP contribution in [-0.2, 0) is 19.6 Å². The van der Waals surface area contributed by atoms with E-state index in [2.05, 4.69) is 28.5 Å². The average molecular weight is 311 g/mol. The molecule has 0 saturated carbocycles. The molecule has 1 N–H and O–H groups in total. The summed E-state index contributed by atoms with van der Waals surface area (Å²) in [6.07, 6.45) is 3.62. The summed E-state index contributed by atoms with van der Waals surface area (Å²) in [4.78, 5) is 19.4. The van der Waals surface area contributed by atoms with E-state index in [1.165, 1.54) is 20.5 Å². The topological polar surface area (TPSA) is 45.2 Å². The number of aromatic nitrogens is 1. The lowest BCUT2D eigenvalue weighted by atomic mass is 10.2. The van der Waals surface area contributed by atoms with Crippen molar-refractivity contribution in [2.75, 3.05) is 0 Å². The molecule has 0 spiro atoms. The molecule has 0 atom stereocenters. The van der Waals surface area contributed by atoms with E-state index in [-0.39, 0.29) is 7.46 Å². The van der Waals surface area contributed by atoms with Gasteiger partial charge in [0.1, 0.15) is 0 Å². The molecule has 22 heavy (non-hydrogen) atoms. The molecule has 0 radical (unpaired) electrons. The second-order valence-electron chi connectivity index (χ2n) is 5.41. The van der Waals surface area contributed by atoms with Crippen LogP contribution in [0.3, 0.4) is 0 Å². The molecule has 0 unspecified atom stereocenters. The summed E-state index contributed by atoms with van der Waals surface area (Å²) in [5.41, 5.74) is 2.33. The Morgan fingerprint density at radius 3 is 3.00 bits per heavy atom. The van der Waals surface area contributed by atoms with Crippen LogP contribution in [0.4, 0.5) is 4.79 Å². The number of benzene rings is 1. The maximum absolute atomic E-state index is 12.3. The summed E-state index contributed by atoms with van der Waals surface area (Å²) in [5, 5.41) is 4.25. The molecular formula is C17H17N3OS. The van der Waals surface area contributed by atoms with E-state index in [1.54, 1.807) is 17.5 Å². The van der Waals surface area contributed by atoms with Crippen molar-refractivity contribution in [3.8, 4) is 0 Å². The molecule has 0 bridgehead atoms. The summed E-state index contributed by atoms with van der Waals surface area (Å²) < 4.78 is 1.26. The Bertz CT molecular complexity index is 790. The van der Waals surface area contributed by atoms with E-state index in [9.17, 15) is 4.79 Å². The van der Waals surface area contributed by atoms with Crippen molar-refractivity contribution in [3.63, 3.8) is 0 Å². The molecule has 0 fully saturated rings. The molecule has 1 aliphatic rings. The number of carbonyl (C=O) groups is 1. The van der Waals surface area contributed by atoms with Gasteiger partial charge < -0.3 is 10.2 Å². The van der Waals surface area contributed by atoms with Crippen LogP contribution < -0.4 is 5.32 Å². The highest BCUT2D eigenvalue weighted by Gasteiger charge is 2.22. The van der Waals surface area contributed by atoms with Gasteiger partial charge in [-0.15, -0.1) is 11.3 Å². The molecule has 0 saturated heterocycles. The third kappa shape index (κ3) is 2.44. The molecule has 4 nitrogen and oxygen atoms in total. The Morgan fingerprint density at radius 2 is 2.14 bits per heavy atom. The SMILES string of the molecule is O=C(NCc1cc2ccccc2s1)N1Cc2ccncc2C1.[HH]. The maximum atomic E-state index is 12.3. The summed E-state index contributed by atoms with van der Waals surface area (Å²) in [7, 11) is 0. The van der Waals surface area contributed by atoms with Gasteiger partial charge in [0.05, 0.1) is 6.54 Å². The lowest BCUT2D eigenvalue weighted by molar-refractivity contribution is 0.198. The quantitative estimate of drug-likeness (QED) is 0.783. The molecule has 5 heteroatoms. The van der Waals surface area contributed by atoms with Gasteiger partial charge in [0.2, 0.25) is 0 Å². The number of thiophene rings is 1. The second-order valence-corrected chi connectivity index (χ2v) is 6.58. The fourth-order valence-corrected chi connectivity index (χ4v) is 3.77. The van der Waals surface area contributed by atoms with Gasteiger partial charge in [0.25, 0.3) is 0 Å². The normalized spacial score (nSPS) is 13.4. The molecule has 4 rings (SSSR count). The molecule has 2 amide bonds. The minimum atomic E-state index is -0.0198. The highest BCUT2D eigenvalue weighted by atomic mass is 32.1. The number of hydrogen-bond acceptors (Lipinski definition) is 3. The minimum Gasteiger partial charge on any atom is -0.333 e. The molecule has 1 aliphatic heterocycles. The second kappa shape index (κ2) is 5.42. The van der Waals surface area contributed by atoms with Crippen LogP contribution in [0.1, 0.15) is 17.4 Å². The van der Waals surface area contributed by atoms with Crippen molar-refractivity contribution in [1.29, 1.82) is 0 Å². The van der Waals surface area contributed by atoms with Crippen molar-refractivity contribution in [1.82, 2.24) is 15.2 Å². The first kappa shape index (κ1) is 13.3. The number of nitrogens with zero attached hydrogens (tertiary/aromatic N) is 2. The molecule has 112 valence electrons. The third-order valence-electron chi connectivity index (χ3n) is 3.90. The van der Waals surface area contributed by atoms with Crippen molar-refractivity contribution in [2.24, 2.45) is 0 Å². The summed E-state index contributed by atoms with van der Waals surface area (Å²) in [6, 6.07) is 12.4. The van der Waals surface area contributed by atoms with Gasteiger partial charge in [0.15, 0.2) is 0 Å². The van der Waals surface area contributed by atoms with Crippen molar-refractivity contribution in [3.05, 3.63) is 64.8 Å². The zero-order valence-electron chi connectivity index (χ0n) is 12.0. The zero-order chi connectivity index (χ0) is 14.9. The van der Waals surface area contributed by atoms with Crippen LogP contribution in [0.2, 0.25) is 0 Å². The Hall–Kier alpha value is -2.40. The fourth-order valence-electron chi connectivity index (χ4n) is 2.76. The van der Waals surface area contributed by atoms with Crippen LogP contribution in [0.25, 0.3) is 10.1 Å². The van der Waals surface area contributed by atoms with Gasteiger partial charge in [-0.1, -0.05) is 18.2 Å². The van der Waals surface area contributed by atoms with Gasteiger partial charge in [-0.3, -0.25) is 4.98 Å². The van der Waals surface area contributed by atoms with Gasteiger partial charge in [-0.2, -0.15) is 0 Å². The number of hydrogen-bond donors (Lipinski definition) is 1. The highest BCUT2D eigenvalue weighted by molar-refractivity contribution is 7.19. The molecule has 3 aromatic rings. The van der Waals surface area contributed by atoms with E-state index < -0.39 is 0 Å². The number of amides is 2. The highest BCUT2D eigenvalue weighted by Crippen LogP contribution is 2.25. The Kier molecular flexibility index (Phi) is 3.27. The number of pyridine rings is 1. The zero-order valence-corrected chi connectivity index (χ0v) is 12.8. The maximum Gasteiger partial charge on any atom is 0.318 e. The number of rotatable bonds is 2. The van der Waals surface area contributed by atoms with Crippen LogP contribution in [-0.4, -0.2) is 15.9 Å². The Balaban J connectivity index is 0.00000156. The van der Waals surface area contributed by atoms with Gasteiger partial charge in [-0.25, -0.2) is 4.79 Å². The Labute approximate surface area is 133 Å². The average Bonchev–Trinajstić information content (AvgIpc) is 3.15. The minimum absolute atomic E-state index is 0. The summed E-state index contributed by atoms with van der Waals surface area (Å²) in [6.45, 7) is 1.88. The number of fused-ring (bicyclic) bond motifs is 2. The van der Waals surface area contributed by atoms with Gasteiger partial charge in [-0.05, 0) is 34.7 Å². The van der Waals surface area contributed by atoms with E-state index in [1.807, 2.05) is 29.3 Å². The van der Waals surface area contributed by atoms with E-state index in [4.69, 9.17) is 0 Å². The first-order valence-corrected chi connectivity index (χ1v) is 8.03. The first-order valence-electron chi connectivity index (χ1n) is 7.21. The predicted molar refractivity (Wildman–Crippen MR) is 89.7 cm³/mol. The third-order valence-corrected chi connectivity index (χ3v) is 5.02. The smallest absolute Gasteiger partial charge is 0.318 e. The van der Waals surface area contributed by atoms with Gasteiger partial charge in [0, 0.05) is 36.5 Å². The number of urea groups is 1. The monoisotopic (exact) mass is 311 g/mol. The number of nitrogens with one attached hydrogen (secondary N) is 1. The standard InChI is InChI=1S/C17H15N3OS.H2/c21-17(20-10-13-5-6-18-8-14(13)11-20)19-9-15-7-12-3-1-2-4-16(12)22-15;/h1-8H,9-11H2,(H,19,21);1H. The predicted octanol–water partition coefficient (Wildman–Crippen LogP) is 3.77. The largest absolute Gasteiger partial charge is 0.333 e. The molecule has 1 aromatic carbocycles. The summed E-state index contributed by atoms with van der Waals surface area (Å²) >= 11 is 1.73. The van der Waals surface area contributed by atoms with Crippen molar-refractivity contribution >= 4 is 27.5 Å². The lowest BCUT2D eigenvalue weighted by Gasteiger charge is -2.15.